The van der Waals surface area contributed by atoms with Crippen LogP contribution in [-0.4, -0.2) is 53.6 Å². The van der Waals surface area contributed by atoms with Crippen molar-refractivity contribution in [1.82, 2.24) is 15.5 Å². The van der Waals surface area contributed by atoms with Crippen molar-refractivity contribution in [3.63, 3.8) is 0 Å². The van der Waals surface area contributed by atoms with Crippen molar-refractivity contribution in [3.05, 3.63) is 29.3 Å². The first-order chi connectivity index (χ1) is 16.9. The molecule has 0 spiro atoms. The largest absolute Gasteiger partial charge is 0.384 e. The molecular formula is C26H32N4O5. The molecule has 1 unspecified atom stereocenters. The third-order valence-corrected chi connectivity index (χ3v) is 6.18. The van der Waals surface area contributed by atoms with Gasteiger partial charge in [-0.05, 0) is 37.8 Å². The van der Waals surface area contributed by atoms with Crippen LogP contribution in [0.25, 0.3) is 0 Å². The average Bonchev–Trinajstić information content (AvgIpc) is 3.09. The zero-order valence-electron chi connectivity index (χ0n) is 19.9. The number of fused-ring (bicyclic) bond motifs is 1. The lowest BCUT2D eigenvalue weighted by Gasteiger charge is -2.27. The molecule has 0 aliphatic carbocycles. The minimum absolute atomic E-state index is 0.0622. The topological polar surface area (TPSA) is 125 Å². The standard InChI is InChI=1S/C26H32N4O5/c1-2-3-8-17-28-21(31)13-7-5-4-6-9-16-27-19-12-10-11-18-23(19)26(35)30(25(18)34)20-14-15-22(32)29-24(20)33/h1,10-12,20,27H,3-9,13-17H2,(H,28,31)(H,29,32,33). The molecule has 0 radical (unpaired) electrons. The molecule has 1 saturated heterocycles. The summed E-state index contributed by atoms with van der Waals surface area (Å²) in [6.07, 6.45) is 12.0. The summed E-state index contributed by atoms with van der Waals surface area (Å²) in [6.45, 7) is 1.25. The molecule has 9 heteroatoms. The Labute approximate surface area is 205 Å². The van der Waals surface area contributed by atoms with Gasteiger partial charge in [0.2, 0.25) is 17.7 Å². The number of carbonyl (C=O) groups excluding carboxylic acids is 5. The van der Waals surface area contributed by atoms with Gasteiger partial charge in [0.25, 0.3) is 11.8 Å². The fourth-order valence-corrected chi connectivity index (χ4v) is 4.33. The van der Waals surface area contributed by atoms with Gasteiger partial charge >= 0.3 is 0 Å². The maximum atomic E-state index is 13.1. The quantitative estimate of drug-likeness (QED) is 0.226. The van der Waals surface area contributed by atoms with Crippen LogP contribution in [0, 0.1) is 12.3 Å². The fourth-order valence-electron chi connectivity index (χ4n) is 4.33. The highest BCUT2D eigenvalue weighted by molar-refractivity contribution is 6.25. The lowest BCUT2D eigenvalue weighted by atomic mass is 10.0. The lowest BCUT2D eigenvalue weighted by Crippen LogP contribution is -2.54. The molecule has 1 atom stereocenters. The molecule has 3 rings (SSSR count). The number of anilines is 1. The molecule has 186 valence electrons. The number of imide groups is 2. The van der Waals surface area contributed by atoms with Crippen LogP contribution in [0.5, 0.6) is 0 Å². The number of rotatable bonds is 13. The molecule has 0 saturated carbocycles. The first kappa shape index (κ1) is 25.9. The molecule has 3 N–H and O–H groups in total. The van der Waals surface area contributed by atoms with Gasteiger partial charge in [0, 0.05) is 38.0 Å². The number of hydrogen-bond acceptors (Lipinski definition) is 6. The van der Waals surface area contributed by atoms with E-state index in [1.54, 1.807) is 18.2 Å². The fraction of sp³-hybridized carbons (Fsp3) is 0.500. The van der Waals surface area contributed by atoms with Crippen LogP contribution in [-0.2, 0) is 14.4 Å². The van der Waals surface area contributed by atoms with Crippen LogP contribution in [0.4, 0.5) is 5.69 Å². The maximum absolute atomic E-state index is 13.1. The summed E-state index contributed by atoms with van der Waals surface area (Å²) in [7, 11) is 0. The van der Waals surface area contributed by atoms with Gasteiger partial charge in [-0.1, -0.05) is 25.3 Å². The van der Waals surface area contributed by atoms with E-state index in [2.05, 4.69) is 21.9 Å². The van der Waals surface area contributed by atoms with Gasteiger partial charge in [0.15, 0.2) is 0 Å². The van der Waals surface area contributed by atoms with Gasteiger partial charge in [0.1, 0.15) is 6.04 Å². The van der Waals surface area contributed by atoms with Gasteiger partial charge in [-0.15, -0.1) is 12.3 Å². The Bertz CT molecular complexity index is 1030. The zero-order valence-corrected chi connectivity index (χ0v) is 19.9. The molecule has 2 aliphatic rings. The second-order valence-corrected chi connectivity index (χ2v) is 8.78. The summed E-state index contributed by atoms with van der Waals surface area (Å²) in [5.41, 5.74) is 1.11. The number of nitrogens with one attached hydrogen (secondary N) is 3. The Kier molecular flexibility index (Phi) is 9.41. The Hall–Kier alpha value is -3.67. The smallest absolute Gasteiger partial charge is 0.264 e. The molecule has 0 bridgehead atoms. The first-order valence-corrected chi connectivity index (χ1v) is 12.2. The van der Waals surface area contributed by atoms with Crippen LogP contribution in [0.2, 0.25) is 0 Å². The second kappa shape index (κ2) is 12.7. The minimum Gasteiger partial charge on any atom is -0.384 e. The van der Waals surface area contributed by atoms with Crippen LogP contribution in [0.1, 0.15) is 84.9 Å². The van der Waals surface area contributed by atoms with Gasteiger partial charge < -0.3 is 10.6 Å². The van der Waals surface area contributed by atoms with Crippen molar-refractivity contribution >= 4 is 35.2 Å². The third-order valence-electron chi connectivity index (χ3n) is 6.18. The maximum Gasteiger partial charge on any atom is 0.264 e. The van der Waals surface area contributed by atoms with Crippen molar-refractivity contribution < 1.29 is 24.0 Å². The van der Waals surface area contributed by atoms with Crippen molar-refractivity contribution in [2.45, 2.75) is 70.3 Å². The van der Waals surface area contributed by atoms with E-state index in [1.807, 2.05) is 0 Å². The predicted octanol–water partition coefficient (Wildman–Crippen LogP) is 2.37. The monoisotopic (exact) mass is 480 g/mol. The SMILES string of the molecule is C#CCCCNC(=O)CCCCCCCNc1cccc2c1C(=O)N(C1CCC(=O)NC1=O)C2=O. The van der Waals surface area contributed by atoms with Crippen LogP contribution < -0.4 is 16.0 Å². The van der Waals surface area contributed by atoms with Crippen molar-refractivity contribution in [3.8, 4) is 12.3 Å². The van der Waals surface area contributed by atoms with Crippen LogP contribution >= 0.6 is 0 Å². The molecular weight excluding hydrogens is 448 g/mol. The van der Waals surface area contributed by atoms with Gasteiger partial charge in [-0.3, -0.25) is 34.2 Å². The molecule has 1 fully saturated rings. The van der Waals surface area contributed by atoms with Gasteiger partial charge in [0.05, 0.1) is 11.1 Å². The Balaban J connectivity index is 1.40. The van der Waals surface area contributed by atoms with E-state index >= 15 is 0 Å². The average molecular weight is 481 g/mol. The molecule has 35 heavy (non-hydrogen) atoms. The lowest BCUT2D eigenvalue weighted by molar-refractivity contribution is -0.136. The predicted molar refractivity (Wildman–Crippen MR) is 130 cm³/mol. The number of carbonyl (C=O) groups is 5. The number of amides is 5. The van der Waals surface area contributed by atoms with Crippen LogP contribution in [0.3, 0.4) is 0 Å². The molecule has 2 heterocycles. The summed E-state index contributed by atoms with van der Waals surface area (Å²) in [6, 6.07) is 4.06. The van der Waals surface area contributed by atoms with Crippen molar-refractivity contribution in [1.29, 1.82) is 0 Å². The number of unbranched alkanes of at least 4 members (excludes halogenated alkanes) is 5. The third kappa shape index (κ3) is 6.69. The van der Waals surface area contributed by atoms with E-state index < -0.39 is 29.7 Å². The van der Waals surface area contributed by atoms with E-state index in [0.717, 1.165) is 43.4 Å². The zero-order chi connectivity index (χ0) is 25.2. The highest BCUT2D eigenvalue weighted by atomic mass is 16.2. The first-order valence-electron chi connectivity index (χ1n) is 12.2. The summed E-state index contributed by atoms with van der Waals surface area (Å²) < 4.78 is 0. The molecule has 9 nitrogen and oxygen atoms in total. The number of benzene rings is 1. The van der Waals surface area contributed by atoms with Crippen molar-refractivity contribution in [2.24, 2.45) is 0 Å². The van der Waals surface area contributed by atoms with E-state index in [9.17, 15) is 24.0 Å². The minimum atomic E-state index is -0.974. The van der Waals surface area contributed by atoms with E-state index in [0.29, 0.717) is 31.6 Å². The molecule has 1 aromatic carbocycles. The highest BCUT2D eigenvalue weighted by Gasteiger charge is 2.45. The number of nitrogens with zero attached hydrogens (tertiary/aromatic N) is 1. The van der Waals surface area contributed by atoms with E-state index in [4.69, 9.17) is 6.42 Å². The Morgan fingerprint density at radius 2 is 1.80 bits per heavy atom. The highest BCUT2D eigenvalue weighted by Crippen LogP contribution is 2.32. The molecule has 5 amide bonds. The summed E-state index contributed by atoms with van der Waals surface area (Å²) in [5, 5.41) is 8.32. The second-order valence-electron chi connectivity index (χ2n) is 8.78. The molecule has 2 aliphatic heterocycles. The van der Waals surface area contributed by atoms with Crippen molar-refractivity contribution in [2.75, 3.05) is 18.4 Å². The Morgan fingerprint density at radius 1 is 1.03 bits per heavy atom. The summed E-state index contributed by atoms with van der Waals surface area (Å²) in [4.78, 5) is 62.3. The Morgan fingerprint density at radius 3 is 2.57 bits per heavy atom. The van der Waals surface area contributed by atoms with Gasteiger partial charge in [-0.25, -0.2) is 0 Å². The number of hydrogen-bond donors (Lipinski definition) is 3. The molecule has 1 aromatic rings. The van der Waals surface area contributed by atoms with Crippen LogP contribution in [0.15, 0.2) is 18.2 Å². The summed E-state index contributed by atoms with van der Waals surface area (Å²) >= 11 is 0. The van der Waals surface area contributed by atoms with Gasteiger partial charge in [-0.2, -0.15) is 0 Å². The molecule has 0 aromatic heterocycles. The van der Waals surface area contributed by atoms with E-state index in [1.165, 1.54) is 0 Å². The normalized spacial score (nSPS) is 17.1. The number of piperidine rings is 1. The number of terminal acetylenes is 1. The van der Waals surface area contributed by atoms with E-state index in [-0.39, 0.29) is 29.9 Å². The summed E-state index contributed by atoms with van der Waals surface area (Å²) in [5.74, 6) is 0.568.